The minimum Gasteiger partial charge on any atom is -0.455 e. The number of hydrogen-bond acceptors (Lipinski definition) is 5. The predicted molar refractivity (Wildman–Crippen MR) is 107 cm³/mol. The molecule has 4 rings (SSSR count). The number of nitriles is 3. The molecule has 0 aliphatic carbocycles. The number of hydrogen-bond donors (Lipinski definition) is 1. The number of para-hydroxylation sites is 2. The van der Waals surface area contributed by atoms with Gasteiger partial charge in [0.25, 0.3) is 0 Å². The topological polar surface area (TPSA) is 96.5 Å². The molecule has 1 aromatic heterocycles. The molecular formula is C23H12N4O. The molecule has 0 saturated carbocycles. The molecule has 28 heavy (non-hydrogen) atoms. The number of nitrogens with one attached hydrogen (secondary N) is 1. The first-order valence-corrected chi connectivity index (χ1v) is 8.47. The van der Waals surface area contributed by atoms with Crippen LogP contribution in [0.15, 0.2) is 82.4 Å². The lowest BCUT2D eigenvalue weighted by molar-refractivity contribution is 0.670. The maximum Gasteiger partial charge on any atom is 0.163 e. The van der Waals surface area contributed by atoms with E-state index in [4.69, 9.17) is 20.2 Å². The van der Waals surface area contributed by atoms with Gasteiger partial charge in [-0.3, -0.25) is 0 Å². The fourth-order valence-electron chi connectivity index (χ4n) is 3.14. The zero-order valence-electron chi connectivity index (χ0n) is 14.6. The minimum atomic E-state index is -0.251. The third-order valence-electron chi connectivity index (χ3n) is 4.45. The van der Waals surface area contributed by atoms with Crippen LogP contribution in [-0.4, -0.2) is 0 Å². The molecule has 5 heteroatoms. The van der Waals surface area contributed by atoms with Gasteiger partial charge < -0.3 is 9.73 Å². The summed E-state index contributed by atoms with van der Waals surface area (Å²) in [6.45, 7) is 0. The monoisotopic (exact) mass is 360 g/mol. The van der Waals surface area contributed by atoms with E-state index >= 15 is 0 Å². The van der Waals surface area contributed by atoms with Crippen LogP contribution >= 0.6 is 0 Å². The molecule has 130 valence electrons. The highest BCUT2D eigenvalue weighted by molar-refractivity contribution is 6.09. The van der Waals surface area contributed by atoms with E-state index in [0.717, 1.165) is 33.1 Å². The normalized spacial score (nSPS) is 10.0. The largest absolute Gasteiger partial charge is 0.455 e. The number of furan rings is 1. The first-order valence-electron chi connectivity index (χ1n) is 8.47. The smallest absolute Gasteiger partial charge is 0.163 e. The Balaban J connectivity index is 1.74. The van der Waals surface area contributed by atoms with Gasteiger partial charge in [0, 0.05) is 22.0 Å². The zero-order valence-corrected chi connectivity index (χ0v) is 14.6. The fraction of sp³-hybridized carbons (Fsp3) is 0. The van der Waals surface area contributed by atoms with E-state index in [9.17, 15) is 0 Å². The highest BCUT2D eigenvalue weighted by atomic mass is 16.3. The molecular weight excluding hydrogens is 348 g/mol. The summed E-state index contributed by atoms with van der Waals surface area (Å²) in [4.78, 5) is 0. The van der Waals surface area contributed by atoms with Crippen LogP contribution in [0.5, 0.6) is 0 Å². The van der Waals surface area contributed by atoms with Crippen LogP contribution in [0.25, 0.3) is 33.1 Å². The van der Waals surface area contributed by atoms with Crippen molar-refractivity contribution in [3.8, 4) is 29.3 Å². The molecule has 0 spiro atoms. The van der Waals surface area contributed by atoms with Gasteiger partial charge in [0.1, 0.15) is 35.1 Å². The Morgan fingerprint density at radius 2 is 1.46 bits per heavy atom. The molecule has 0 radical (unpaired) electrons. The van der Waals surface area contributed by atoms with Crippen molar-refractivity contribution >= 4 is 27.6 Å². The highest BCUT2D eigenvalue weighted by Gasteiger charge is 2.12. The zero-order chi connectivity index (χ0) is 19.5. The summed E-state index contributed by atoms with van der Waals surface area (Å²) >= 11 is 0. The molecule has 0 fully saturated rings. The standard InChI is InChI=1S/C23H12N4O/c24-12-16(13-25)21(14-26)27-17-10-8-15(9-11-17)18-5-3-6-20-19-4-1-2-7-22(19)28-23(18)20/h1-11,27H. The maximum absolute atomic E-state index is 9.16. The second kappa shape index (κ2) is 7.00. The third kappa shape index (κ3) is 2.82. The third-order valence-corrected chi connectivity index (χ3v) is 4.45. The summed E-state index contributed by atoms with van der Waals surface area (Å²) in [5, 5.41) is 32.0. The van der Waals surface area contributed by atoms with Crippen molar-refractivity contribution in [2.24, 2.45) is 0 Å². The summed E-state index contributed by atoms with van der Waals surface area (Å²) in [6, 6.07) is 26.6. The van der Waals surface area contributed by atoms with Gasteiger partial charge in [-0.25, -0.2) is 0 Å². The first kappa shape index (κ1) is 16.9. The first-order chi connectivity index (χ1) is 13.7. The number of nitrogens with zero attached hydrogens (tertiary/aromatic N) is 3. The Morgan fingerprint density at radius 1 is 0.750 bits per heavy atom. The van der Waals surface area contributed by atoms with E-state index in [2.05, 4.69) is 5.32 Å². The van der Waals surface area contributed by atoms with Gasteiger partial charge in [0.2, 0.25) is 0 Å². The summed E-state index contributed by atoms with van der Waals surface area (Å²) in [7, 11) is 0. The van der Waals surface area contributed by atoms with Gasteiger partial charge >= 0.3 is 0 Å². The lowest BCUT2D eigenvalue weighted by Gasteiger charge is -2.07. The molecule has 0 unspecified atom stereocenters. The van der Waals surface area contributed by atoms with Crippen LogP contribution in [0.1, 0.15) is 0 Å². The van der Waals surface area contributed by atoms with Gasteiger partial charge in [-0.15, -0.1) is 0 Å². The van der Waals surface area contributed by atoms with Gasteiger partial charge in [-0.05, 0) is 23.8 Å². The molecule has 0 bridgehead atoms. The van der Waals surface area contributed by atoms with Crippen molar-refractivity contribution in [2.75, 3.05) is 5.32 Å². The quantitative estimate of drug-likeness (QED) is 0.487. The van der Waals surface area contributed by atoms with Crippen LogP contribution in [0.2, 0.25) is 0 Å². The average molecular weight is 360 g/mol. The lowest BCUT2D eigenvalue weighted by atomic mass is 10.0. The van der Waals surface area contributed by atoms with Crippen molar-refractivity contribution in [1.82, 2.24) is 0 Å². The number of rotatable bonds is 3. The molecule has 4 aromatic rings. The van der Waals surface area contributed by atoms with Crippen LogP contribution in [0.3, 0.4) is 0 Å². The second-order valence-electron chi connectivity index (χ2n) is 6.07. The maximum atomic E-state index is 9.16. The number of fused-ring (bicyclic) bond motifs is 3. The summed E-state index contributed by atoms with van der Waals surface area (Å²) < 4.78 is 6.07. The van der Waals surface area contributed by atoms with Crippen LogP contribution in [-0.2, 0) is 0 Å². The van der Waals surface area contributed by atoms with Gasteiger partial charge in [0.15, 0.2) is 5.57 Å². The van der Waals surface area contributed by atoms with E-state index in [0.29, 0.717) is 5.69 Å². The SMILES string of the molecule is N#CC(C#N)=C(C#N)Nc1ccc(-c2cccc3c2oc2ccccc23)cc1. The van der Waals surface area contributed by atoms with Crippen LogP contribution in [0, 0.1) is 34.0 Å². The molecule has 1 N–H and O–H groups in total. The molecule has 3 aromatic carbocycles. The minimum absolute atomic E-state index is 0.0721. The van der Waals surface area contributed by atoms with E-state index in [1.807, 2.05) is 60.7 Å². The van der Waals surface area contributed by atoms with Crippen molar-refractivity contribution in [1.29, 1.82) is 15.8 Å². The van der Waals surface area contributed by atoms with Crippen LogP contribution in [0.4, 0.5) is 5.69 Å². The van der Waals surface area contributed by atoms with Gasteiger partial charge in [-0.2, -0.15) is 15.8 Å². The van der Waals surface area contributed by atoms with E-state index in [1.165, 1.54) is 0 Å². The average Bonchev–Trinajstić information content (AvgIpc) is 3.13. The number of allylic oxidation sites excluding steroid dienone is 2. The highest BCUT2D eigenvalue weighted by Crippen LogP contribution is 2.35. The summed E-state index contributed by atoms with van der Waals surface area (Å²) in [5.41, 5.74) is 3.87. The Bertz CT molecular complexity index is 1340. The molecule has 1 heterocycles. The van der Waals surface area contributed by atoms with Crippen molar-refractivity contribution in [3.63, 3.8) is 0 Å². The van der Waals surface area contributed by atoms with Gasteiger partial charge in [0.05, 0.1) is 0 Å². The molecule has 0 aliphatic heterocycles. The number of benzene rings is 3. The molecule has 0 amide bonds. The number of anilines is 1. The van der Waals surface area contributed by atoms with Gasteiger partial charge in [-0.1, -0.05) is 48.5 Å². The van der Waals surface area contributed by atoms with Crippen molar-refractivity contribution < 1.29 is 4.42 Å². The Labute approximate surface area is 161 Å². The summed E-state index contributed by atoms with van der Waals surface area (Å²) in [5.74, 6) is 0. The predicted octanol–water partition coefficient (Wildman–Crippen LogP) is 5.49. The molecule has 5 nitrogen and oxygen atoms in total. The Morgan fingerprint density at radius 3 is 2.18 bits per heavy atom. The fourth-order valence-corrected chi connectivity index (χ4v) is 3.14. The molecule has 0 atom stereocenters. The van der Waals surface area contributed by atoms with E-state index in [-0.39, 0.29) is 11.3 Å². The second-order valence-corrected chi connectivity index (χ2v) is 6.07. The molecule has 0 saturated heterocycles. The van der Waals surface area contributed by atoms with E-state index in [1.54, 1.807) is 24.3 Å². The van der Waals surface area contributed by atoms with Crippen molar-refractivity contribution in [2.45, 2.75) is 0 Å². The Hall–Kier alpha value is -4.53. The summed E-state index contributed by atoms with van der Waals surface area (Å²) in [6.07, 6.45) is 0. The van der Waals surface area contributed by atoms with Crippen LogP contribution < -0.4 is 5.32 Å². The van der Waals surface area contributed by atoms with E-state index < -0.39 is 0 Å². The molecule has 0 aliphatic rings. The lowest BCUT2D eigenvalue weighted by Crippen LogP contribution is -2.00. The Kier molecular flexibility index (Phi) is 4.23. The van der Waals surface area contributed by atoms with Crippen molar-refractivity contribution in [3.05, 3.63) is 78.0 Å².